The SMILES string of the molecule is CCCCC(CC)CC1CSCC1O. The third-order valence-electron chi connectivity index (χ3n) is 3.34. The molecule has 0 aromatic carbocycles. The molecule has 0 amide bonds. The second-order valence-electron chi connectivity index (χ2n) is 4.52. The van der Waals surface area contributed by atoms with Gasteiger partial charge >= 0.3 is 0 Å². The van der Waals surface area contributed by atoms with Crippen LogP contribution >= 0.6 is 11.8 Å². The van der Waals surface area contributed by atoms with Crippen molar-refractivity contribution in [3.05, 3.63) is 0 Å². The number of hydrogen-bond acceptors (Lipinski definition) is 2. The van der Waals surface area contributed by atoms with Crippen molar-refractivity contribution in [1.29, 1.82) is 0 Å². The number of hydrogen-bond donors (Lipinski definition) is 1. The summed E-state index contributed by atoms with van der Waals surface area (Å²) in [6, 6.07) is 0. The Bertz CT molecular complexity index is 149. The Hall–Kier alpha value is 0.310. The lowest BCUT2D eigenvalue weighted by Crippen LogP contribution is -2.20. The lowest BCUT2D eigenvalue weighted by molar-refractivity contribution is 0.131. The molecular weight excluding hydrogens is 192 g/mol. The molecule has 14 heavy (non-hydrogen) atoms. The van der Waals surface area contributed by atoms with E-state index in [0.717, 1.165) is 11.7 Å². The van der Waals surface area contributed by atoms with E-state index < -0.39 is 0 Å². The highest BCUT2D eigenvalue weighted by atomic mass is 32.2. The van der Waals surface area contributed by atoms with E-state index in [9.17, 15) is 5.11 Å². The van der Waals surface area contributed by atoms with Crippen LogP contribution in [0, 0.1) is 11.8 Å². The third kappa shape index (κ3) is 3.82. The topological polar surface area (TPSA) is 20.2 Å². The Morgan fingerprint density at radius 2 is 2.14 bits per heavy atom. The minimum atomic E-state index is -0.0179. The molecule has 3 atom stereocenters. The average Bonchev–Trinajstić information content (AvgIpc) is 2.59. The fraction of sp³-hybridized carbons (Fsp3) is 1.00. The summed E-state index contributed by atoms with van der Waals surface area (Å²) in [7, 11) is 0. The highest BCUT2D eigenvalue weighted by molar-refractivity contribution is 7.99. The Labute approximate surface area is 92.7 Å². The van der Waals surface area contributed by atoms with Crippen LogP contribution in [-0.4, -0.2) is 22.7 Å². The molecule has 1 aliphatic heterocycles. The van der Waals surface area contributed by atoms with Crippen molar-refractivity contribution >= 4 is 11.8 Å². The van der Waals surface area contributed by atoms with E-state index in [-0.39, 0.29) is 6.10 Å². The molecule has 0 radical (unpaired) electrons. The molecule has 0 spiro atoms. The minimum Gasteiger partial charge on any atom is -0.392 e. The molecule has 1 saturated heterocycles. The fourth-order valence-corrected chi connectivity index (χ4v) is 3.53. The zero-order valence-electron chi connectivity index (χ0n) is 9.54. The Balaban J connectivity index is 2.24. The van der Waals surface area contributed by atoms with Gasteiger partial charge in [-0.05, 0) is 24.0 Å². The van der Waals surface area contributed by atoms with E-state index in [2.05, 4.69) is 13.8 Å². The van der Waals surface area contributed by atoms with E-state index in [1.807, 2.05) is 11.8 Å². The van der Waals surface area contributed by atoms with E-state index in [4.69, 9.17) is 0 Å². The van der Waals surface area contributed by atoms with Gasteiger partial charge in [-0.15, -0.1) is 0 Å². The molecule has 3 unspecified atom stereocenters. The smallest absolute Gasteiger partial charge is 0.0666 e. The van der Waals surface area contributed by atoms with Crippen LogP contribution in [-0.2, 0) is 0 Å². The summed E-state index contributed by atoms with van der Waals surface area (Å²) in [6.45, 7) is 4.54. The second-order valence-corrected chi connectivity index (χ2v) is 5.59. The van der Waals surface area contributed by atoms with Crippen LogP contribution in [0.5, 0.6) is 0 Å². The molecule has 1 N–H and O–H groups in total. The number of rotatable bonds is 6. The van der Waals surface area contributed by atoms with Crippen molar-refractivity contribution in [1.82, 2.24) is 0 Å². The monoisotopic (exact) mass is 216 g/mol. The van der Waals surface area contributed by atoms with E-state index >= 15 is 0 Å². The van der Waals surface area contributed by atoms with Gasteiger partial charge in [-0.2, -0.15) is 11.8 Å². The van der Waals surface area contributed by atoms with Crippen molar-refractivity contribution in [2.24, 2.45) is 11.8 Å². The van der Waals surface area contributed by atoms with Gasteiger partial charge in [0.15, 0.2) is 0 Å². The highest BCUT2D eigenvalue weighted by Gasteiger charge is 2.27. The van der Waals surface area contributed by atoms with E-state index in [1.165, 1.54) is 37.9 Å². The normalized spacial score (nSPS) is 29.4. The van der Waals surface area contributed by atoms with Gasteiger partial charge in [0.1, 0.15) is 0 Å². The fourth-order valence-electron chi connectivity index (χ4n) is 2.22. The molecule has 0 saturated carbocycles. The van der Waals surface area contributed by atoms with Gasteiger partial charge in [0.25, 0.3) is 0 Å². The Morgan fingerprint density at radius 3 is 2.64 bits per heavy atom. The summed E-state index contributed by atoms with van der Waals surface area (Å²) in [5.41, 5.74) is 0. The highest BCUT2D eigenvalue weighted by Crippen LogP contribution is 2.31. The number of thioether (sulfide) groups is 1. The van der Waals surface area contributed by atoms with Gasteiger partial charge in [0.05, 0.1) is 6.10 Å². The predicted molar refractivity (Wildman–Crippen MR) is 64.7 cm³/mol. The average molecular weight is 216 g/mol. The van der Waals surface area contributed by atoms with Gasteiger partial charge in [0, 0.05) is 5.75 Å². The first kappa shape index (κ1) is 12.4. The van der Waals surface area contributed by atoms with Crippen LogP contribution in [0.3, 0.4) is 0 Å². The van der Waals surface area contributed by atoms with Gasteiger partial charge in [-0.3, -0.25) is 0 Å². The first-order chi connectivity index (χ1) is 6.77. The molecule has 1 fully saturated rings. The maximum atomic E-state index is 9.74. The maximum absolute atomic E-state index is 9.74. The molecule has 1 aliphatic rings. The van der Waals surface area contributed by atoms with Gasteiger partial charge in [-0.25, -0.2) is 0 Å². The van der Waals surface area contributed by atoms with E-state index in [0.29, 0.717) is 5.92 Å². The van der Waals surface area contributed by atoms with Crippen LogP contribution < -0.4 is 0 Å². The van der Waals surface area contributed by atoms with Crippen molar-refractivity contribution in [3.63, 3.8) is 0 Å². The summed E-state index contributed by atoms with van der Waals surface area (Å²) in [6.07, 6.45) is 6.54. The van der Waals surface area contributed by atoms with Crippen molar-refractivity contribution in [3.8, 4) is 0 Å². The van der Waals surface area contributed by atoms with Crippen LogP contribution in [0.15, 0.2) is 0 Å². The number of unbranched alkanes of at least 4 members (excludes halogenated alkanes) is 1. The second kappa shape index (κ2) is 6.73. The first-order valence-corrected chi connectivity index (χ1v) is 7.19. The van der Waals surface area contributed by atoms with Gasteiger partial charge in [-0.1, -0.05) is 39.5 Å². The molecule has 0 bridgehead atoms. The summed E-state index contributed by atoms with van der Waals surface area (Å²) >= 11 is 1.92. The van der Waals surface area contributed by atoms with Crippen LogP contribution in [0.4, 0.5) is 0 Å². The number of aliphatic hydroxyl groups excluding tert-OH is 1. The van der Waals surface area contributed by atoms with E-state index in [1.54, 1.807) is 0 Å². The molecule has 0 aromatic rings. The largest absolute Gasteiger partial charge is 0.392 e. The quantitative estimate of drug-likeness (QED) is 0.735. The molecule has 1 rings (SSSR count). The van der Waals surface area contributed by atoms with Crippen molar-refractivity contribution in [2.75, 3.05) is 11.5 Å². The molecule has 1 nitrogen and oxygen atoms in total. The molecule has 2 heteroatoms. The first-order valence-electron chi connectivity index (χ1n) is 6.03. The predicted octanol–water partition coefficient (Wildman–Crippen LogP) is 3.32. The number of aliphatic hydroxyl groups is 1. The lowest BCUT2D eigenvalue weighted by Gasteiger charge is -2.20. The summed E-state index contributed by atoms with van der Waals surface area (Å²) in [5.74, 6) is 3.59. The summed E-state index contributed by atoms with van der Waals surface area (Å²) in [5, 5.41) is 9.74. The zero-order chi connectivity index (χ0) is 10.4. The third-order valence-corrected chi connectivity index (χ3v) is 4.59. The van der Waals surface area contributed by atoms with Crippen LogP contribution in [0.25, 0.3) is 0 Å². The molecule has 84 valence electrons. The molecule has 0 aromatic heterocycles. The molecule has 1 heterocycles. The summed E-state index contributed by atoms with van der Waals surface area (Å²) < 4.78 is 0. The maximum Gasteiger partial charge on any atom is 0.0666 e. The Kier molecular flexibility index (Phi) is 5.95. The van der Waals surface area contributed by atoms with Crippen LogP contribution in [0.2, 0.25) is 0 Å². The van der Waals surface area contributed by atoms with Gasteiger partial charge in [0.2, 0.25) is 0 Å². The van der Waals surface area contributed by atoms with Gasteiger partial charge < -0.3 is 5.11 Å². The minimum absolute atomic E-state index is 0.0179. The van der Waals surface area contributed by atoms with Crippen LogP contribution in [0.1, 0.15) is 46.0 Å². The standard InChI is InChI=1S/C12H24OS/c1-3-5-6-10(4-2)7-11-8-14-9-12(11)13/h10-13H,3-9H2,1-2H3. The molecule has 0 aliphatic carbocycles. The van der Waals surface area contributed by atoms with Crippen molar-refractivity contribution < 1.29 is 5.11 Å². The van der Waals surface area contributed by atoms with Crippen molar-refractivity contribution in [2.45, 2.75) is 52.1 Å². The zero-order valence-corrected chi connectivity index (χ0v) is 10.4. The Morgan fingerprint density at radius 1 is 1.36 bits per heavy atom. The lowest BCUT2D eigenvalue weighted by atomic mass is 9.87. The molecular formula is C12H24OS. The summed E-state index contributed by atoms with van der Waals surface area (Å²) in [4.78, 5) is 0.